The fourth-order valence-corrected chi connectivity index (χ4v) is 2.78. The summed E-state index contributed by atoms with van der Waals surface area (Å²) in [5, 5.41) is 0. The van der Waals surface area contributed by atoms with E-state index in [1.165, 1.54) is 24.3 Å². The van der Waals surface area contributed by atoms with Crippen molar-refractivity contribution in [2.24, 2.45) is 0 Å². The molecule has 25 heavy (non-hydrogen) atoms. The number of hydrogen-bond acceptors (Lipinski definition) is 4. The minimum atomic E-state index is -4.76. The summed E-state index contributed by atoms with van der Waals surface area (Å²) in [6.07, 6.45) is -2.36. The number of fused-ring (bicyclic) bond motifs is 1. The zero-order valence-corrected chi connectivity index (χ0v) is 13.6. The Hall–Kier alpha value is -2.64. The fourth-order valence-electron chi connectivity index (χ4n) is 2.78. The molecule has 1 aliphatic heterocycles. The highest BCUT2D eigenvalue weighted by atomic mass is 19.4. The van der Waals surface area contributed by atoms with Crippen LogP contribution < -0.4 is 9.64 Å². The Morgan fingerprint density at radius 3 is 2.44 bits per heavy atom. The molecule has 0 fully saturated rings. The van der Waals surface area contributed by atoms with Crippen molar-refractivity contribution in [1.29, 1.82) is 0 Å². The molecule has 1 aromatic heterocycles. The Labute approximate surface area is 141 Å². The fraction of sp³-hybridized carbons (Fsp3) is 0.294. The Balaban J connectivity index is 2.01. The smallest absolute Gasteiger partial charge is 0.406 e. The maximum absolute atomic E-state index is 13.9. The first-order valence-corrected chi connectivity index (χ1v) is 7.62. The first-order chi connectivity index (χ1) is 11.8. The normalized spacial score (nSPS) is 14.2. The van der Waals surface area contributed by atoms with Crippen LogP contribution in [0.5, 0.6) is 5.75 Å². The number of nitrogens with zero attached hydrogens (tertiary/aromatic N) is 3. The molecule has 132 valence electrons. The first kappa shape index (κ1) is 17.2. The van der Waals surface area contributed by atoms with E-state index in [9.17, 15) is 17.6 Å². The maximum atomic E-state index is 13.9. The molecule has 0 N–H and O–H groups in total. The van der Waals surface area contributed by atoms with Crippen LogP contribution in [0.4, 0.5) is 23.4 Å². The lowest BCUT2D eigenvalue weighted by Crippen LogP contribution is -2.21. The predicted molar refractivity (Wildman–Crippen MR) is 84.6 cm³/mol. The molecule has 1 aliphatic rings. The summed E-state index contributed by atoms with van der Waals surface area (Å²) in [5.74, 6) is 0.112. The molecule has 0 unspecified atom stereocenters. The summed E-state index contributed by atoms with van der Waals surface area (Å²) in [6, 6.07) is 5.21. The van der Waals surface area contributed by atoms with Gasteiger partial charge in [-0.05, 0) is 36.3 Å². The van der Waals surface area contributed by atoms with Gasteiger partial charge >= 0.3 is 12.4 Å². The van der Waals surface area contributed by atoms with Crippen molar-refractivity contribution in [2.45, 2.75) is 26.1 Å². The average Bonchev–Trinajstić information content (AvgIpc) is 2.54. The molecule has 2 aromatic rings. The van der Waals surface area contributed by atoms with Crippen molar-refractivity contribution in [3.05, 3.63) is 47.7 Å². The second-order valence-corrected chi connectivity index (χ2v) is 5.64. The lowest BCUT2D eigenvalue weighted by atomic mass is 9.96. The van der Waals surface area contributed by atoms with Gasteiger partial charge in [0.05, 0.1) is 5.69 Å². The van der Waals surface area contributed by atoms with Crippen LogP contribution in [0.25, 0.3) is 11.3 Å². The van der Waals surface area contributed by atoms with Crippen LogP contribution in [0.1, 0.15) is 18.9 Å². The van der Waals surface area contributed by atoms with E-state index in [2.05, 4.69) is 14.7 Å². The van der Waals surface area contributed by atoms with Gasteiger partial charge in [0.25, 0.3) is 0 Å². The van der Waals surface area contributed by atoms with Gasteiger partial charge < -0.3 is 9.64 Å². The number of halogens is 4. The van der Waals surface area contributed by atoms with Gasteiger partial charge in [0.15, 0.2) is 0 Å². The summed E-state index contributed by atoms with van der Waals surface area (Å²) in [4.78, 5) is 9.44. The summed E-state index contributed by atoms with van der Waals surface area (Å²) in [7, 11) is 1.77. The van der Waals surface area contributed by atoms with Crippen molar-refractivity contribution in [3.8, 4) is 17.0 Å². The van der Waals surface area contributed by atoms with Gasteiger partial charge in [-0.3, -0.25) is 0 Å². The predicted octanol–water partition coefficient (Wildman–Crippen LogP) is 4.47. The molecule has 2 heterocycles. The van der Waals surface area contributed by atoms with E-state index in [0.29, 0.717) is 23.5 Å². The van der Waals surface area contributed by atoms with Gasteiger partial charge in [-0.2, -0.15) is 9.37 Å². The number of anilines is 1. The molecule has 3 rings (SSSR count). The van der Waals surface area contributed by atoms with Gasteiger partial charge in [0.1, 0.15) is 11.6 Å². The number of rotatable bonds is 3. The highest BCUT2D eigenvalue weighted by Gasteiger charge is 2.31. The minimum absolute atomic E-state index is 0.342. The zero-order valence-electron chi connectivity index (χ0n) is 13.6. The molecule has 0 bridgehead atoms. The van der Waals surface area contributed by atoms with E-state index < -0.39 is 12.4 Å². The van der Waals surface area contributed by atoms with Gasteiger partial charge in [-0.25, -0.2) is 4.98 Å². The number of hydrogen-bond donors (Lipinski definition) is 0. The number of benzene rings is 1. The Bertz CT molecular complexity index is 816. The molecule has 0 aliphatic carbocycles. The van der Waals surface area contributed by atoms with Crippen molar-refractivity contribution in [2.75, 3.05) is 11.9 Å². The number of ether oxygens (including phenoxy) is 1. The lowest BCUT2D eigenvalue weighted by molar-refractivity contribution is -0.274. The van der Waals surface area contributed by atoms with Crippen LogP contribution in [0.2, 0.25) is 0 Å². The van der Waals surface area contributed by atoms with Gasteiger partial charge in [-0.15, -0.1) is 13.2 Å². The summed E-state index contributed by atoms with van der Waals surface area (Å²) < 4.78 is 54.5. The molecular formula is C17H15F4N3O. The Morgan fingerprint density at radius 2 is 1.84 bits per heavy atom. The highest BCUT2D eigenvalue weighted by molar-refractivity contribution is 5.71. The van der Waals surface area contributed by atoms with E-state index in [0.717, 1.165) is 17.6 Å². The van der Waals surface area contributed by atoms with Crippen LogP contribution >= 0.6 is 0 Å². The summed E-state index contributed by atoms with van der Waals surface area (Å²) in [5.41, 5.74) is 2.74. The molecule has 0 atom stereocenters. The van der Waals surface area contributed by atoms with Crippen molar-refractivity contribution < 1.29 is 22.3 Å². The number of alkyl halides is 3. The molecular weight excluding hydrogens is 338 g/mol. The monoisotopic (exact) mass is 353 g/mol. The molecule has 0 saturated carbocycles. The standard InChI is InChI=1S/C17H15F4N3O/c1-3-10-8-13-14(22-16(18)23-15(13)24(2)9-10)11-4-6-12(7-5-11)25-17(19,20)21/h4-7,9H,3,8H2,1-2H3. The van der Waals surface area contributed by atoms with E-state index >= 15 is 0 Å². The summed E-state index contributed by atoms with van der Waals surface area (Å²) in [6.45, 7) is 2.01. The van der Waals surface area contributed by atoms with Gasteiger partial charge in [0.2, 0.25) is 0 Å². The Morgan fingerprint density at radius 1 is 1.16 bits per heavy atom. The third kappa shape index (κ3) is 3.72. The molecule has 8 heteroatoms. The minimum Gasteiger partial charge on any atom is -0.406 e. The zero-order chi connectivity index (χ0) is 18.2. The topological polar surface area (TPSA) is 38.2 Å². The largest absolute Gasteiger partial charge is 0.573 e. The van der Waals surface area contributed by atoms with Crippen LogP contribution in [0.15, 0.2) is 36.0 Å². The van der Waals surface area contributed by atoms with E-state index in [-0.39, 0.29) is 5.75 Å². The number of allylic oxidation sites excluding steroid dienone is 1. The molecule has 4 nitrogen and oxygen atoms in total. The first-order valence-electron chi connectivity index (χ1n) is 7.62. The second-order valence-electron chi connectivity index (χ2n) is 5.64. The van der Waals surface area contributed by atoms with Gasteiger partial charge in [-0.1, -0.05) is 6.92 Å². The van der Waals surface area contributed by atoms with Crippen molar-refractivity contribution in [3.63, 3.8) is 0 Å². The van der Waals surface area contributed by atoms with Crippen molar-refractivity contribution in [1.82, 2.24) is 9.97 Å². The van der Waals surface area contributed by atoms with E-state index in [1.807, 2.05) is 13.1 Å². The highest BCUT2D eigenvalue weighted by Crippen LogP contribution is 2.35. The Kier molecular flexibility index (Phi) is 4.36. The van der Waals surface area contributed by atoms with Crippen LogP contribution in [0.3, 0.4) is 0 Å². The molecule has 0 amide bonds. The van der Waals surface area contributed by atoms with Crippen molar-refractivity contribution >= 4 is 5.82 Å². The second kappa shape index (κ2) is 6.34. The quantitative estimate of drug-likeness (QED) is 0.603. The third-order valence-corrected chi connectivity index (χ3v) is 3.89. The molecule has 0 radical (unpaired) electrons. The molecule has 0 spiro atoms. The van der Waals surface area contributed by atoms with Gasteiger partial charge in [0, 0.05) is 30.8 Å². The average molecular weight is 353 g/mol. The summed E-state index contributed by atoms with van der Waals surface area (Å²) >= 11 is 0. The SMILES string of the molecule is CCC1=CN(C)c2nc(F)nc(-c3ccc(OC(F)(F)F)cc3)c2C1. The van der Waals surface area contributed by atoms with Crippen LogP contribution in [-0.2, 0) is 6.42 Å². The van der Waals surface area contributed by atoms with Crippen LogP contribution in [0, 0.1) is 6.08 Å². The van der Waals surface area contributed by atoms with E-state index in [4.69, 9.17) is 0 Å². The molecule has 0 saturated heterocycles. The van der Waals surface area contributed by atoms with Crippen LogP contribution in [-0.4, -0.2) is 23.4 Å². The van der Waals surface area contributed by atoms with E-state index in [1.54, 1.807) is 11.9 Å². The molecule has 1 aromatic carbocycles. The number of aromatic nitrogens is 2. The third-order valence-electron chi connectivity index (χ3n) is 3.89. The maximum Gasteiger partial charge on any atom is 0.573 e. The lowest BCUT2D eigenvalue weighted by Gasteiger charge is -2.26.